The van der Waals surface area contributed by atoms with Gasteiger partial charge in [-0.2, -0.15) is 0 Å². The number of hydrogen-bond acceptors (Lipinski definition) is 3. The highest BCUT2D eigenvalue weighted by Gasteiger charge is 2.14. The lowest BCUT2D eigenvalue weighted by Gasteiger charge is -2.25. The second kappa shape index (κ2) is 6.18. The molecule has 0 spiro atoms. The van der Waals surface area contributed by atoms with Gasteiger partial charge in [-0.1, -0.05) is 11.6 Å². The molecule has 5 heteroatoms. The summed E-state index contributed by atoms with van der Waals surface area (Å²) < 4.78 is 5.24. The smallest absolute Gasteiger partial charge is 0.238 e. The van der Waals surface area contributed by atoms with Crippen LogP contribution in [-0.2, 0) is 9.53 Å². The summed E-state index contributed by atoms with van der Waals surface area (Å²) >= 11 is 5.94. The molecule has 1 fully saturated rings. The summed E-state index contributed by atoms with van der Waals surface area (Å²) in [4.78, 5) is 13.9. The summed E-state index contributed by atoms with van der Waals surface area (Å²) in [5.41, 5.74) is 1.75. The van der Waals surface area contributed by atoms with Gasteiger partial charge in [0.2, 0.25) is 5.91 Å². The number of nitrogens with one attached hydrogen (secondary N) is 1. The highest BCUT2D eigenvalue weighted by Crippen LogP contribution is 2.19. The Kier molecular flexibility index (Phi) is 4.58. The van der Waals surface area contributed by atoms with Crippen molar-refractivity contribution in [3.8, 4) is 0 Å². The van der Waals surface area contributed by atoms with Crippen molar-refractivity contribution in [2.24, 2.45) is 0 Å². The van der Waals surface area contributed by atoms with Crippen molar-refractivity contribution in [3.63, 3.8) is 0 Å². The maximum Gasteiger partial charge on any atom is 0.238 e. The van der Waals surface area contributed by atoms with E-state index in [1.54, 1.807) is 6.07 Å². The summed E-state index contributed by atoms with van der Waals surface area (Å²) in [6, 6.07) is 5.48. The molecule has 0 saturated carbocycles. The van der Waals surface area contributed by atoms with Gasteiger partial charge in [0.25, 0.3) is 0 Å². The van der Waals surface area contributed by atoms with E-state index in [0.29, 0.717) is 24.8 Å². The number of aryl methyl sites for hydroxylation is 1. The molecule has 1 aromatic rings. The highest BCUT2D eigenvalue weighted by atomic mass is 35.5. The molecule has 1 amide bonds. The third kappa shape index (κ3) is 3.70. The number of ether oxygens (including phenoxy) is 1. The van der Waals surface area contributed by atoms with Crippen molar-refractivity contribution in [2.45, 2.75) is 6.92 Å². The Bertz CT molecular complexity index is 431. The van der Waals surface area contributed by atoms with Crippen LogP contribution in [0.5, 0.6) is 0 Å². The van der Waals surface area contributed by atoms with E-state index in [-0.39, 0.29) is 5.91 Å². The molecule has 1 aliphatic rings. The molecule has 1 saturated heterocycles. The summed E-state index contributed by atoms with van der Waals surface area (Å²) in [6.07, 6.45) is 0. The molecular weight excluding hydrogens is 252 g/mol. The predicted molar refractivity (Wildman–Crippen MR) is 72.1 cm³/mol. The topological polar surface area (TPSA) is 41.6 Å². The minimum Gasteiger partial charge on any atom is -0.379 e. The fraction of sp³-hybridized carbons (Fsp3) is 0.462. The summed E-state index contributed by atoms with van der Waals surface area (Å²) in [6.45, 7) is 5.35. The fourth-order valence-electron chi connectivity index (χ4n) is 1.89. The van der Waals surface area contributed by atoms with Gasteiger partial charge in [-0.25, -0.2) is 0 Å². The van der Waals surface area contributed by atoms with Crippen molar-refractivity contribution >= 4 is 23.2 Å². The number of hydrogen-bond donors (Lipinski definition) is 1. The average molecular weight is 269 g/mol. The monoisotopic (exact) mass is 268 g/mol. The van der Waals surface area contributed by atoms with Crippen molar-refractivity contribution in [1.82, 2.24) is 4.90 Å². The SMILES string of the molecule is Cc1cc(NC(=O)CN2CCOCC2)ccc1Cl. The molecule has 0 atom stereocenters. The Morgan fingerprint density at radius 2 is 2.17 bits per heavy atom. The lowest BCUT2D eigenvalue weighted by atomic mass is 10.2. The molecule has 0 aromatic heterocycles. The van der Waals surface area contributed by atoms with Gasteiger partial charge in [0.1, 0.15) is 0 Å². The predicted octanol–water partition coefficient (Wildman–Crippen LogP) is 1.92. The molecule has 0 radical (unpaired) electrons. The maximum atomic E-state index is 11.9. The van der Waals surface area contributed by atoms with E-state index < -0.39 is 0 Å². The number of nitrogens with zero attached hydrogens (tertiary/aromatic N) is 1. The Morgan fingerprint density at radius 1 is 1.44 bits per heavy atom. The largest absolute Gasteiger partial charge is 0.379 e. The van der Waals surface area contributed by atoms with Crippen LogP contribution in [0.15, 0.2) is 18.2 Å². The minimum atomic E-state index is -0.00128. The molecule has 4 nitrogen and oxygen atoms in total. The van der Waals surface area contributed by atoms with E-state index in [2.05, 4.69) is 10.2 Å². The molecule has 1 heterocycles. The van der Waals surface area contributed by atoms with Crippen LogP contribution >= 0.6 is 11.6 Å². The van der Waals surface area contributed by atoms with Gasteiger partial charge in [-0.05, 0) is 30.7 Å². The second-order valence-corrected chi connectivity index (χ2v) is 4.81. The number of morpholine rings is 1. The van der Waals surface area contributed by atoms with Gasteiger partial charge in [0.05, 0.1) is 19.8 Å². The number of carbonyl (C=O) groups excluding carboxylic acids is 1. The van der Waals surface area contributed by atoms with Crippen LogP contribution in [0.2, 0.25) is 5.02 Å². The fourth-order valence-corrected chi connectivity index (χ4v) is 2.00. The quantitative estimate of drug-likeness (QED) is 0.911. The first kappa shape index (κ1) is 13.3. The van der Waals surface area contributed by atoms with Gasteiger partial charge in [0.15, 0.2) is 0 Å². The summed E-state index contributed by atoms with van der Waals surface area (Å²) in [5, 5.41) is 3.59. The Hall–Kier alpha value is -1.10. The Balaban J connectivity index is 1.88. The Morgan fingerprint density at radius 3 is 2.83 bits per heavy atom. The third-order valence-electron chi connectivity index (χ3n) is 2.91. The van der Waals surface area contributed by atoms with Crippen LogP contribution in [0.3, 0.4) is 0 Å². The Labute approximate surface area is 112 Å². The second-order valence-electron chi connectivity index (χ2n) is 4.40. The zero-order chi connectivity index (χ0) is 13.0. The van der Waals surface area contributed by atoms with Gasteiger partial charge in [-0.15, -0.1) is 0 Å². The van der Waals surface area contributed by atoms with Crippen molar-refractivity contribution in [2.75, 3.05) is 38.2 Å². The highest BCUT2D eigenvalue weighted by molar-refractivity contribution is 6.31. The van der Waals surface area contributed by atoms with E-state index in [1.165, 1.54) is 0 Å². The van der Waals surface area contributed by atoms with Crippen molar-refractivity contribution in [3.05, 3.63) is 28.8 Å². The first-order valence-corrected chi connectivity index (χ1v) is 6.39. The molecular formula is C13H17ClN2O2. The van der Waals surface area contributed by atoms with Gasteiger partial charge < -0.3 is 10.1 Å². The summed E-state index contributed by atoms with van der Waals surface area (Å²) in [7, 11) is 0. The van der Waals surface area contributed by atoms with Crippen molar-refractivity contribution < 1.29 is 9.53 Å². The van der Waals surface area contributed by atoms with E-state index in [1.807, 2.05) is 19.1 Å². The zero-order valence-corrected chi connectivity index (χ0v) is 11.2. The number of rotatable bonds is 3. The standard InChI is InChI=1S/C13H17ClN2O2/c1-10-8-11(2-3-12(10)14)15-13(17)9-16-4-6-18-7-5-16/h2-3,8H,4-7,9H2,1H3,(H,15,17). The molecule has 0 bridgehead atoms. The lowest BCUT2D eigenvalue weighted by molar-refractivity contribution is -0.118. The molecule has 18 heavy (non-hydrogen) atoms. The lowest BCUT2D eigenvalue weighted by Crippen LogP contribution is -2.41. The van der Waals surface area contributed by atoms with Crippen molar-refractivity contribution in [1.29, 1.82) is 0 Å². The van der Waals surface area contributed by atoms with E-state index in [0.717, 1.165) is 24.3 Å². The first-order chi connectivity index (χ1) is 8.65. The number of anilines is 1. The molecule has 0 unspecified atom stereocenters. The molecule has 0 aliphatic carbocycles. The summed E-state index contributed by atoms with van der Waals surface area (Å²) in [5.74, 6) is -0.00128. The average Bonchev–Trinajstić information content (AvgIpc) is 2.35. The number of carbonyl (C=O) groups is 1. The molecule has 1 aromatic carbocycles. The number of halogens is 1. The van der Waals surface area contributed by atoms with E-state index in [4.69, 9.17) is 16.3 Å². The molecule has 2 rings (SSSR count). The van der Waals surface area contributed by atoms with E-state index in [9.17, 15) is 4.79 Å². The normalized spacial score (nSPS) is 16.6. The van der Waals surface area contributed by atoms with Gasteiger partial charge in [0, 0.05) is 23.8 Å². The van der Waals surface area contributed by atoms with Crippen LogP contribution in [0.25, 0.3) is 0 Å². The van der Waals surface area contributed by atoms with Crippen LogP contribution in [-0.4, -0.2) is 43.7 Å². The van der Waals surface area contributed by atoms with Crippen LogP contribution in [0.1, 0.15) is 5.56 Å². The zero-order valence-electron chi connectivity index (χ0n) is 10.4. The maximum absolute atomic E-state index is 11.9. The van der Waals surface area contributed by atoms with Crippen LogP contribution in [0, 0.1) is 6.92 Å². The van der Waals surface area contributed by atoms with Gasteiger partial charge in [-0.3, -0.25) is 9.69 Å². The first-order valence-electron chi connectivity index (χ1n) is 6.01. The van der Waals surface area contributed by atoms with Crippen LogP contribution < -0.4 is 5.32 Å². The molecule has 98 valence electrons. The van der Waals surface area contributed by atoms with Crippen LogP contribution in [0.4, 0.5) is 5.69 Å². The minimum absolute atomic E-state index is 0.00128. The number of amides is 1. The number of benzene rings is 1. The van der Waals surface area contributed by atoms with E-state index >= 15 is 0 Å². The molecule has 1 aliphatic heterocycles. The van der Waals surface area contributed by atoms with Gasteiger partial charge >= 0.3 is 0 Å². The third-order valence-corrected chi connectivity index (χ3v) is 3.34. The molecule has 1 N–H and O–H groups in total.